The van der Waals surface area contributed by atoms with Crippen molar-refractivity contribution in [1.29, 1.82) is 0 Å². The number of fused-ring (bicyclic) bond motifs is 1. The highest BCUT2D eigenvalue weighted by Crippen LogP contribution is 2.34. The van der Waals surface area contributed by atoms with Crippen LogP contribution in [0.4, 0.5) is 8.78 Å². The lowest BCUT2D eigenvalue weighted by atomic mass is 9.91. The molecule has 6 nitrogen and oxygen atoms in total. The third-order valence-electron chi connectivity index (χ3n) is 6.20. The molecule has 2 amide bonds. The second-order valence-corrected chi connectivity index (χ2v) is 8.82. The minimum atomic E-state index is -0.876. The van der Waals surface area contributed by atoms with E-state index >= 15 is 0 Å². The van der Waals surface area contributed by atoms with Gasteiger partial charge < -0.3 is 19.7 Å². The molecule has 1 atom stereocenters. The van der Waals surface area contributed by atoms with Crippen LogP contribution in [-0.2, 0) is 4.79 Å². The van der Waals surface area contributed by atoms with E-state index in [-0.39, 0.29) is 29.3 Å². The zero-order chi connectivity index (χ0) is 23.5. The van der Waals surface area contributed by atoms with Crippen molar-refractivity contribution in [3.05, 3.63) is 59.2 Å². The van der Waals surface area contributed by atoms with E-state index < -0.39 is 17.5 Å². The molecule has 2 aliphatic rings. The van der Waals surface area contributed by atoms with Gasteiger partial charge in [0.2, 0.25) is 5.91 Å². The van der Waals surface area contributed by atoms with E-state index in [1.807, 2.05) is 32.0 Å². The van der Waals surface area contributed by atoms with Gasteiger partial charge in [0.1, 0.15) is 24.8 Å². The van der Waals surface area contributed by atoms with E-state index in [2.05, 4.69) is 5.32 Å². The minimum Gasteiger partial charge on any atom is -0.486 e. The Bertz CT molecular complexity index is 1040. The summed E-state index contributed by atoms with van der Waals surface area (Å²) in [4.78, 5) is 27.2. The van der Waals surface area contributed by atoms with Crippen LogP contribution in [0.1, 0.15) is 48.7 Å². The molecule has 2 heterocycles. The third kappa shape index (κ3) is 5.10. The number of likely N-dealkylation sites (tertiary alicyclic amines) is 1. The summed E-state index contributed by atoms with van der Waals surface area (Å²) in [5.41, 5.74) is 0.791. The van der Waals surface area contributed by atoms with Gasteiger partial charge in [0.15, 0.2) is 11.5 Å². The molecule has 0 bridgehead atoms. The number of ether oxygens (including phenoxy) is 2. The molecule has 0 aromatic heterocycles. The van der Waals surface area contributed by atoms with Gasteiger partial charge in [0.25, 0.3) is 5.91 Å². The SMILES string of the molecule is CC(C)C(NC(=O)C1CCN(C(=O)c2ccc(F)cc2F)CC1)c1ccc2c(c1)OCCO2. The molecule has 2 aromatic rings. The van der Waals surface area contributed by atoms with E-state index in [9.17, 15) is 18.4 Å². The summed E-state index contributed by atoms with van der Waals surface area (Å²) in [5, 5.41) is 3.16. The van der Waals surface area contributed by atoms with Crippen LogP contribution in [0.3, 0.4) is 0 Å². The molecule has 0 radical (unpaired) electrons. The van der Waals surface area contributed by atoms with Crippen molar-refractivity contribution in [3.8, 4) is 11.5 Å². The van der Waals surface area contributed by atoms with Gasteiger partial charge in [0, 0.05) is 25.1 Å². The zero-order valence-corrected chi connectivity index (χ0v) is 18.8. The largest absolute Gasteiger partial charge is 0.486 e. The number of amides is 2. The maximum absolute atomic E-state index is 14.0. The molecule has 0 spiro atoms. The van der Waals surface area contributed by atoms with Gasteiger partial charge in [-0.1, -0.05) is 19.9 Å². The first-order valence-corrected chi connectivity index (χ1v) is 11.3. The van der Waals surface area contributed by atoms with Crippen molar-refractivity contribution in [1.82, 2.24) is 10.2 Å². The monoisotopic (exact) mass is 458 g/mol. The second-order valence-electron chi connectivity index (χ2n) is 8.82. The number of carbonyl (C=O) groups excluding carboxylic acids is 2. The standard InChI is InChI=1S/C25H28F2N2O4/c1-15(2)23(17-3-6-21-22(13-17)33-12-11-32-21)28-24(30)16-7-9-29(10-8-16)25(31)19-5-4-18(26)14-20(19)27/h3-6,13-16,23H,7-12H2,1-2H3,(H,28,30). The lowest BCUT2D eigenvalue weighted by Crippen LogP contribution is -2.44. The Morgan fingerprint density at radius 3 is 2.36 bits per heavy atom. The number of nitrogens with zero attached hydrogens (tertiary/aromatic N) is 1. The van der Waals surface area contributed by atoms with E-state index in [1.165, 1.54) is 4.90 Å². The Morgan fingerprint density at radius 2 is 1.70 bits per heavy atom. The maximum atomic E-state index is 14.0. The summed E-state index contributed by atoms with van der Waals surface area (Å²) >= 11 is 0. The normalized spacial score (nSPS) is 17.1. The highest BCUT2D eigenvalue weighted by molar-refractivity contribution is 5.94. The number of nitrogens with one attached hydrogen (secondary N) is 1. The summed E-state index contributed by atoms with van der Waals surface area (Å²) in [6.45, 7) is 5.77. The van der Waals surface area contributed by atoms with Crippen molar-refractivity contribution in [2.45, 2.75) is 32.7 Å². The van der Waals surface area contributed by atoms with Crippen LogP contribution in [0, 0.1) is 23.5 Å². The van der Waals surface area contributed by atoms with Gasteiger partial charge in [-0.05, 0) is 48.6 Å². The number of hydrogen-bond donors (Lipinski definition) is 1. The predicted octanol–water partition coefficient (Wildman–Crippen LogP) is 4.10. The lowest BCUT2D eigenvalue weighted by Gasteiger charge is -2.33. The number of benzene rings is 2. The smallest absolute Gasteiger partial charge is 0.256 e. The van der Waals surface area contributed by atoms with Crippen molar-refractivity contribution in [2.24, 2.45) is 11.8 Å². The van der Waals surface area contributed by atoms with Crippen molar-refractivity contribution in [2.75, 3.05) is 26.3 Å². The van der Waals surface area contributed by atoms with E-state index in [1.54, 1.807) is 0 Å². The molecule has 1 fully saturated rings. The number of piperidine rings is 1. The summed E-state index contributed by atoms with van der Waals surface area (Å²) in [6, 6.07) is 8.46. The quantitative estimate of drug-likeness (QED) is 0.733. The number of halogens is 2. The van der Waals surface area contributed by atoms with Crippen LogP contribution >= 0.6 is 0 Å². The summed E-state index contributed by atoms with van der Waals surface area (Å²) in [6.07, 6.45) is 0.957. The fraction of sp³-hybridized carbons (Fsp3) is 0.440. The molecule has 2 aromatic carbocycles. The molecule has 0 saturated carbocycles. The highest BCUT2D eigenvalue weighted by Gasteiger charge is 2.31. The van der Waals surface area contributed by atoms with Gasteiger partial charge >= 0.3 is 0 Å². The van der Waals surface area contributed by atoms with Crippen LogP contribution in [0.5, 0.6) is 11.5 Å². The Morgan fingerprint density at radius 1 is 1.00 bits per heavy atom. The fourth-order valence-electron chi connectivity index (χ4n) is 4.34. The second kappa shape index (κ2) is 9.77. The van der Waals surface area contributed by atoms with Gasteiger partial charge in [-0.3, -0.25) is 9.59 Å². The minimum absolute atomic E-state index is 0.0661. The zero-order valence-electron chi connectivity index (χ0n) is 18.8. The Balaban J connectivity index is 1.38. The molecule has 1 unspecified atom stereocenters. The highest BCUT2D eigenvalue weighted by atomic mass is 19.1. The molecule has 1 saturated heterocycles. The van der Waals surface area contributed by atoms with Crippen LogP contribution in [0.15, 0.2) is 36.4 Å². The Hall–Kier alpha value is -3.16. The van der Waals surface area contributed by atoms with Gasteiger partial charge in [-0.25, -0.2) is 8.78 Å². The maximum Gasteiger partial charge on any atom is 0.256 e. The molecule has 0 aliphatic carbocycles. The average molecular weight is 459 g/mol. The molecule has 33 heavy (non-hydrogen) atoms. The lowest BCUT2D eigenvalue weighted by molar-refractivity contribution is -0.127. The van der Waals surface area contributed by atoms with Crippen LogP contribution in [0.2, 0.25) is 0 Å². The molecular weight excluding hydrogens is 430 g/mol. The summed E-state index contributed by atoms with van der Waals surface area (Å²) < 4.78 is 38.4. The number of hydrogen-bond acceptors (Lipinski definition) is 4. The predicted molar refractivity (Wildman–Crippen MR) is 118 cm³/mol. The molecular formula is C25H28F2N2O4. The molecule has 4 rings (SSSR count). The number of carbonyl (C=O) groups is 2. The Labute approximate surface area is 191 Å². The number of rotatable bonds is 5. The van der Waals surface area contributed by atoms with Crippen LogP contribution in [-0.4, -0.2) is 43.0 Å². The van der Waals surface area contributed by atoms with E-state index in [4.69, 9.17) is 9.47 Å². The molecule has 8 heteroatoms. The third-order valence-corrected chi connectivity index (χ3v) is 6.20. The van der Waals surface area contributed by atoms with E-state index in [0.717, 1.165) is 17.7 Å². The van der Waals surface area contributed by atoms with Crippen LogP contribution in [0.25, 0.3) is 0 Å². The van der Waals surface area contributed by atoms with Crippen molar-refractivity contribution >= 4 is 11.8 Å². The van der Waals surface area contributed by atoms with Gasteiger partial charge in [0.05, 0.1) is 11.6 Å². The topological polar surface area (TPSA) is 67.9 Å². The Kier molecular flexibility index (Phi) is 6.81. The summed E-state index contributed by atoms with van der Waals surface area (Å²) in [5.74, 6) is -0.861. The first-order valence-electron chi connectivity index (χ1n) is 11.3. The van der Waals surface area contributed by atoms with Gasteiger partial charge in [-0.2, -0.15) is 0 Å². The van der Waals surface area contributed by atoms with Crippen molar-refractivity contribution in [3.63, 3.8) is 0 Å². The first-order chi connectivity index (χ1) is 15.8. The fourth-order valence-corrected chi connectivity index (χ4v) is 4.34. The van der Waals surface area contributed by atoms with Crippen molar-refractivity contribution < 1.29 is 27.8 Å². The van der Waals surface area contributed by atoms with Gasteiger partial charge in [-0.15, -0.1) is 0 Å². The van der Waals surface area contributed by atoms with Crippen LogP contribution < -0.4 is 14.8 Å². The molecule has 1 N–H and O–H groups in total. The van der Waals surface area contributed by atoms with E-state index in [0.29, 0.717) is 56.7 Å². The average Bonchev–Trinajstić information content (AvgIpc) is 2.81. The first kappa shape index (κ1) is 23.0. The molecule has 176 valence electrons. The summed E-state index contributed by atoms with van der Waals surface area (Å²) in [7, 11) is 0. The molecule has 2 aliphatic heterocycles.